The highest BCUT2D eigenvalue weighted by Gasteiger charge is 2.19. The van der Waals surface area contributed by atoms with Crippen molar-refractivity contribution in [1.29, 1.82) is 0 Å². The van der Waals surface area contributed by atoms with E-state index in [4.69, 9.17) is 0 Å². The van der Waals surface area contributed by atoms with Gasteiger partial charge < -0.3 is 0 Å². The molecular weight excluding hydrogens is 224 g/mol. The van der Waals surface area contributed by atoms with Crippen LogP contribution in [0.4, 0.5) is 17.1 Å². The van der Waals surface area contributed by atoms with Crippen LogP contribution in [0.2, 0.25) is 0 Å². The number of alkyl halides is 2. The first-order chi connectivity index (χ1) is 6.32. The molecule has 0 unspecified atom stereocenters. The van der Waals surface area contributed by atoms with E-state index in [0.717, 1.165) is 0 Å². The molecule has 0 atom stereocenters. The number of hydrogen-bond acceptors (Lipinski definition) is 2. The Balaban J connectivity index is 3.28. The van der Waals surface area contributed by atoms with Crippen molar-refractivity contribution in [2.24, 2.45) is 0 Å². The molecule has 0 radical (unpaired) electrons. The molecule has 0 spiro atoms. The molecule has 0 saturated carbocycles. The first-order valence-corrected chi connectivity index (χ1v) is 4.73. The van der Waals surface area contributed by atoms with E-state index in [-0.39, 0.29) is 6.07 Å². The summed E-state index contributed by atoms with van der Waals surface area (Å²) >= 11 is 0. The lowest BCUT2D eigenvalue weighted by Gasteiger charge is -2.01. The fourth-order valence-corrected chi connectivity index (χ4v) is 1.37. The lowest BCUT2D eigenvalue weighted by molar-refractivity contribution is 0.151. The van der Waals surface area contributed by atoms with Gasteiger partial charge in [0.15, 0.2) is 0 Å². The zero-order valence-electron chi connectivity index (χ0n) is 6.55. The van der Waals surface area contributed by atoms with Crippen LogP contribution in [0.15, 0.2) is 23.1 Å². The average Bonchev–Trinajstić information content (AvgIpc) is 2.01. The number of halogens is 4. The Morgan fingerprint density at radius 2 is 1.79 bits per heavy atom. The van der Waals surface area contributed by atoms with Gasteiger partial charge in [0.25, 0.3) is 6.43 Å². The van der Waals surface area contributed by atoms with Gasteiger partial charge in [-0.3, -0.25) is 0 Å². The molecular formula is C7H4F4O2S. The van der Waals surface area contributed by atoms with Crippen LogP contribution in [0.25, 0.3) is 0 Å². The molecule has 78 valence electrons. The Labute approximate surface area is 77.4 Å². The molecule has 0 heterocycles. The quantitative estimate of drug-likeness (QED) is 0.575. The highest BCUT2D eigenvalue weighted by molar-refractivity contribution is 7.86. The monoisotopic (exact) mass is 228 g/mol. The maximum absolute atomic E-state index is 12.8. The SMILES string of the molecule is O=S(=O)(F)c1ccc(C(F)F)cc1F. The highest BCUT2D eigenvalue weighted by Crippen LogP contribution is 2.24. The van der Waals surface area contributed by atoms with Crippen molar-refractivity contribution in [1.82, 2.24) is 0 Å². The topological polar surface area (TPSA) is 34.1 Å². The molecule has 0 aromatic heterocycles. The van der Waals surface area contributed by atoms with Gasteiger partial charge in [-0.15, -0.1) is 3.89 Å². The van der Waals surface area contributed by atoms with Crippen LogP contribution in [-0.2, 0) is 10.2 Å². The standard InChI is InChI=1S/C7H4F4O2S/c8-5-3-4(7(9)10)1-2-6(5)14(11,12)13/h1-3,7H. The van der Waals surface area contributed by atoms with Crippen molar-refractivity contribution in [3.63, 3.8) is 0 Å². The first kappa shape index (κ1) is 11.0. The predicted octanol–water partition coefficient (Wildman–Crippen LogP) is 2.42. The summed E-state index contributed by atoms with van der Waals surface area (Å²) in [5, 5.41) is 0. The minimum Gasteiger partial charge on any atom is -0.205 e. The van der Waals surface area contributed by atoms with E-state index in [1.807, 2.05) is 0 Å². The van der Waals surface area contributed by atoms with Crippen LogP contribution in [0, 0.1) is 5.82 Å². The van der Waals surface area contributed by atoms with Crippen LogP contribution >= 0.6 is 0 Å². The molecule has 0 saturated heterocycles. The van der Waals surface area contributed by atoms with Crippen LogP contribution in [0.1, 0.15) is 12.0 Å². The summed E-state index contributed by atoms with van der Waals surface area (Å²) in [5.41, 5.74) is -0.699. The summed E-state index contributed by atoms with van der Waals surface area (Å²) in [7, 11) is -5.20. The van der Waals surface area contributed by atoms with Gasteiger partial charge in [0.2, 0.25) is 0 Å². The van der Waals surface area contributed by atoms with E-state index >= 15 is 0 Å². The Hall–Kier alpha value is -1.11. The molecule has 7 heteroatoms. The maximum atomic E-state index is 12.8. The van der Waals surface area contributed by atoms with E-state index in [0.29, 0.717) is 12.1 Å². The Morgan fingerprint density at radius 3 is 2.14 bits per heavy atom. The molecule has 1 aromatic carbocycles. The van der Waals surface area contributed by atoms with Crippen LogP contribution < -0.4 is 0 Å². The van der Waals surface area contributed by atoms with E-state index in [2.05, 4.69) is 0 Å². The second-order valence-electron chi connectivity index (χ2n) is 2.43. The van der Waals surface area contributed by atoms with E-state index in [1.54, 1.807) is 0 Å². The lowest BCUT2D eigenvalue weighted by atomic mass is 10.2. The fourth-order valence-electron chi connectivity index (χ4n) is 0.851. The number of rotatable bonds is 2. The van der Waals surface area contributed by atoms with Crippen molar-refractivity contribution in [2.45, 2.75) is 11.3 Å². The van der Waals surface area contributed by atoms with E-state index < -0.39 is 32.9 Å². The first-order valence-electron chi connectivity index (χ1n) is 3.34. The molecule has 0 amide bonds. The largest absolute Gasteiger partial charge is 0.335 e. The molecule has 0 aliphatic rings. The summed E-state index contributed by atoms with van der Waals surface area (Å²) < 4.78 is 69.4. The van der Waals surface area contributed by atoms with Gasteiger partial charge in [0.1, 0.15) is 10.7 Å². The Kier molecular flexibility index (Phi) is 2.79. The van der Waals surface area contributed by atoms with E-state index in [9.17, 15) is 25.5 Å². The summed E-state index contributed by atoms with van der Waals surface area (Å²) in [6.07, 6.45) is -2.93. The third kappa shape index (κ3) is 2.22. The lowest BCUT2D eigenvalue weighted by Crippen LogP contribution is -1.98. The molecule has 0 aliphatic carbocycles. The highest BCUT2D eigenvalue weighted by atomic mass is 32.3. The second-order valence-corrected chi connectivity index (χ2v) is 3.74. The number of benzene rings is 1. The minimum absolute atomic E-state index is 0.289. The van der Waals surface area contributed by atoms with Gasteiger partial charge in [-0.2, -0.15) is 8.42 Å². The molecule has 1 aromatic rings. The zero-order valence-corrected chi connectivity index (χ0v) is 7.36. The van der Waals surface area contributed by atoms with Crippen molar-refractivity contribution in [3.8, 4) is 0 Å². The molecule has 0 bridgehead atoms. The Bertz CT molecular complexity index is 441. The van der Waals surface area contributed by atoms with Crippen LogP contribution in [-0.4, -0.2) is 8.42 Å². The van der Waals surface area contributed by atoms with Gasteiger partial charge in [-0.1, -0.05) is 6.07 Å². The van der Waals surface area contributed by atoms with Gasteiger partial charge in [-0.25, -0.2) is 13.2 Å². The zero-order chi connectivity index (χ0) is 10.9. The molecule has 2 nitrogen and oxygen atoms in total. The minimum atomic E-state index is -5.20. The summed E-state index contributed by atoms with van der Waals surface area (Å²) in [6.45, 7) is 0. The summed E-state index contributed by atoms with van der Waals surface area (Å²) in [5.74, 6) is -1.52. The molecule has 1 rings (SSSR count). The molecule has 14 heavy (non-hydrogen) atoms. The average molecular weight is 228 g/mol. The van der Waals surface area contributed by atoms with Crippen molar-refractivity contribution in [3.05, 3.63) is 29.6 Å². The van der Waals surface area contributed by atoms with Gasteiger partial charge in [0, 0.05) is 5.56 Å². The van der Waals surface area contributed by atoms with Crippen LogP contribution in [0.3, 0.4) is 0 Å². The van der Waals surface area contributed by atoms with E-state index in [1.165, 1.54) is 0 Å². The van der Waals surface area contributed by atoms with Crippen molar-refractivity contribution >= 4 is 10.2 Å². The molecule has 0 N–H and O–H groups in total. The second kappa shape index (κ2) is 3.56. The van der Waals surface area contributed by atoms with Gasteiger partial charge >= 0.3 is 10.2 Å². The summed E-state index contributed by atoms with van der Waals surface area (Å²) in [6, 6.07) is 1.41. The van der Waals surface area contributed by atoms with Crippen molar-refractivity contribution < 1.29 is 25.5 Å². The number of hydrogen-bond donors (Lipinski definition) is 0. The maximum Gasteiger partial charge on any atom is 0.335 e. The van der Waals surface area contributed by atoms with Crippen molar-refractivity contribution in [2.75, 3.05) is 0 Å². The molecule has 0 aliphatic heterocycles. The normalized spacial score (nSPS) is 12.1. The smallest absolute Gasteiger partial charge is 0.205 e. The van der Waals surface area contributed by atoms with Gasteiger partial charge in [-0.05, 0) is 12.1 Å². The molecule has 0 fully saturated rings. The van der Waals surface area contributed by atoms with Gasteiger partial charge in [0.05, 0.1) is 0 Å². The third-order valence-electron chi connectivity index (χ3n) is 1.47. The Morgan fingerprint density at radius 1 is 1.21 bits per heavy atom. The van der Waals surface area contributed by atoms with Crippen LogP contribution in [0.5, 0.6) is 0 Å². The predicted molar refractivity (Wildman–Crippen MR) is 39.7 cm³/mol. The third-order valence-corrected chi connectivity index (χ3v) is 2.33. The fraction of sp³-hybridized carbons (Fsp3) is 0.143. The summed E-state index contributed by atoms with van der Waals surface area (Å²) in [4.78, 5) is -1.23.